The molecule has 0 spiro atoms. The Balaban J connectivity index is 2.19. The first kappa shape index (κ1) is 14.2. The molecule has 1 aromatic heterocycles. The Morgan fingerprint density at radius 2 is 2.11 bits per heavy atom. The van der Waals surface area contributed by atoms with Crippen LogP contribution in [0.15, 0.2) is 6.07 Å². The van der Waals surface area contributed by atoms with Crippen molar-refractivity contribution >= 4 is 11.9 Å². The van der Waals surface area contributed by atoms with Crippen molar-refractivity contribution in [1.29, 1.82) is 0 Å². The summed E-state index contributed by atoms with van der Waals surface area (Å²) in [5.74, 6) is -1.02. The summed E-state index contributed by atoms with van der Waals surface area (Å²) in [4.78, 5) is 21.6. The van der Waals surface area contributed by atoms with Crippen LogP contribution in [0.25, 0.3) is 0 Å². The average Bonchev–Trinajstić information content (AvgIpc) is 2.57. The van der Waals surface area contributed by atoms with Gasteiger partial charge in [0.2, 0.25) is 5.91 Å². The molecule has 6 nitrogen and oxygen atoms in total. The van der Waals surface area contributed by atoms with Crippen molar-refractivity contribution in [3.05, 3.63) is 17.5 Å². The van der Waals surface area contributed by atoms with Crippen LogP contribution in [-0.4, -0.2) is 33.3 Å². The smallest absolute Gasteiger partial charge is 0.305 e. The molecule has 0 saturated heterocycles. The molecular formula is C12H19N3O3. The SMILES string of the molecule is Cc1cc(C)n(CCCC(=O)NCCC(=O)O)n1. The number of carbonyl (C=O) groups excluding carboxylic acids is 1. The molecule has 0 atom stereocenters. The maximum Gasteiger partial charge on any atom is 0.305 e. The summed E-state index contributed by atoms with van der Waals surface area (Å²) in [6, 6.07) is 1.99. The lowest BCUT2D eigenvalue weighted by molar-refractivity contribution is -0.136. The van der Waals surface area contributed by atoms with Gasteiger partial charge in [0.15, 0.2) is 0 Å². The Kier molecular flexibility index (Phi) is 5.35. The summed E-state index contributed by atoms with van der Waals surface area (Å²) in [5, 5.41) is 15.3. The monoisotopic (exact) mass is 253 g/mol. The van der Waals surface area contributed by atoms with E-state index in [0.717, 1.165) is 11.4 Å². The molecule has 18 heavy (non-hydrogen) atoms. The Hall–Kier alpha value is -1.85. The molecular weight excluding hydrogens is 234 g/mol. The second-order valence-electron chi connectivity index (χ2n) is 4.25. The van der Waals surface area contributed by atoms with E-state index in [1.807, 2.05) is 24.6 Å². The van der Waals surface area contributed by atoms with Crippen molar-refractivity contribution in [1.82, 2.24) is 15.1 Å². The Morgan fingerprint density at radius 1 is 1.39 bits per heavy atom. The van der Waals surface area contributed by atoms with Gasteiger partial charge in [-0.05, 0) is 26.3 Å². The fourth-order valence-electron chi connectivity index (χ4n) is 1.69. The van der Waals surface area contributed by atoms with Gasteiger partial charge in [0.05, 0.1) is 12.1 Å². The third kappa shape index (κ3) is 4.99. The van der Waals surface area contributed by atoms with Crippen molar-refractivity contribution in [3.63, 3.8) is 0 Å². The molecule has 100 valence electrons. The highest BCUT2D eigenvalue weighted by atomic mass is 16.4. The average molecular weight is 253 g/mol. The highest BCUT2D eigenvalue weighted by Crippen LogP contribution is 2.03. The molecule has 0 unspecified atom stereocenters. The predicted molar refractivity (Wildman–Crippen MR) is 66.2 cm³/mol. The molecule has 0 aromatic carbocycles. The fourth-order valence-corrected chi connectivity index (χ4v) is 1.69. The molecule has 1 amide bonds. The van der Waals surface area contributed by atoms with Gasteiger partial charge in [0.25, 0.3) is 0 Å². The van der Waals surface area contributed by atoms with E-state index in [1.54, 1.807) is 0 Å². The highest BCUT2D eigenvalue weighted by molar-refractivity contribution is 5.76. The standard InChI is InChI=1S/C12H19N3O3/c1-9-8-10(2)15(14-9)7-3-4-11(16)13-6-5-12(17)18/h8H,3-7H2,1-2H3,(H,13,16)(H,17,18). The van der Waals surface area contributed by atoms with Gasteiger partial charge in [-0.3, -0.25) is 14.3 Å². The van der Waals surface area contributed by atoms with Gasteiger partial charge < -0.3 is 10.4 Å². The number of aryl methyl sites for hydroxylation is 3. The molecule has 0 fully saturated rings. The number of hydrogen-bond donors (Lipinski definition) is 2. The number of carboxylic acid groups (broad SMARTS) is 1. The van der Waals surface area contributed by atoms with E-state index in [-0.39, 0.29) is 18.9 Å². The topological polar surface area (TPSA) is 84.2 Å². The zero-order chi connectivity index (χ0) is 13.5. The van der Waals surface area contributed by atoms with Crippen molar-refractivity contribution in [2.75, 3.05) is 6.54 Å². The van der Waals surface area contributed by atoms with Gasteiger partial charge in [-0.25, -0.2) is 0 Å². The maximum atomic E-state index is 11.4. The lowest BCUT2D eigenvalue weighted by Gasteiger charge is -2.05. The normalized spacial score (nSPS) is 10.3. The third-order valence-corrected chi connectivity index (χ3v) is 2.54. The van der Waals surface area contributed by atoms with Crippen molar-refractivity contribution < 1.29 is 14.7 Å². The van der Waals surface area contributed by atoms with E-state index in [2.05, 4.69) is 10.4 Å². The second kappa shape index (κ2) is 6.78. The van der Waals surface area contributed by atoms with Gasteiger partial charge in [-0.2, -0.15) is 5.10 Å². The molecule has 0 radical (unpaired) electrons. The Labute approximate surface area is 106 Å². The van der Waals surface area contributed by atoms with Crippen LogP contribution in [-0.2, 0) is 16.1 Å². The molecule has 0 aliphatic rings. The summed E-state index contributed by atoms with van der Waals surface area (Å²) in [7, 11) is 0. The molecule has 1 rings (SSSR count). The van der Waals surface area contributed by atoms with Crippen LogP contribution in [0.1, 0.15) is 30.7 Å². The van der Waals surface area contributed by atoms with E-state index in [9.17, 15) is 9.59 Å². The summed E-state index contributed by atoms with van der Waals surface area (Å²) in [6.45, 7) is 4.80. The Bertz CT molecular complexity index is 426. The second-order valence-corrected chi connectivity index (χ2v) is 4.25. The van der Waals surface area contributed by atoms with Gasteiger partial charge in [-0.1, -0.05) is 0 Å². The number of nitrogens with zero attached hydrogens (tertiary/aromatic N) is 2. The molecule has 0 aliphatic heterocycles. The van der Waals surface area contributed by atoms with Crippen molar-refractivity contribution in [2.45, 2.75) is 39.7 Å². The van der Waals surface area contributed by atoms with Gasteiger partial charge >= 0.3 is 5.97 Å². The highest BCUT2D eigenvalue weighted by Gasteiger charge is 2.04. The summed E-state index contributed by atoms with van der Waals surface area (Å²) >= 11 is 0. The van der Waals surface area contributed by atoms with Crippen LogP contribution in [0, 0.1) is 13.8 Å². The summed E-state index contributed by atoms with van der Waals surface area (Å²) < 4.78 is 1.87. The van der Waals surface area contributed by atoms with Crippen molar-refractivity contribution in [2.24, 2.45) is 0 Å². The fraction of sp³-hybridized carbons (Fsp3) is 0.583. The van der Waals surface area contributed by atoms with E-state index in [4.69, 9.17) is 5.11 Å². The van der Waals surface area contributed by atoms with Gasteiger partial charge in [0, 0.05) is 25.2 Å². The number of nitrogens with one attached hydrogen (secondary N) is 1. The quantitative estimate of drug-likeness (QED) is 0.755. The number of aliphatic carboxylic acids is 1. The Morgan fingerprint density at radius 3 is 2.67 bits per heavy atom. The predicted octanol–water partition coefficient (Wildman–Crippen LogP) is 0.871. The lowest BCUT2D eigenvalue weighted by atomic mass is 10.3. The zero-order valence-corrected chi connectivity index (χ0v) is 10.8. The number of carboxylic acids is 1. The minimum absolute atomic E-state index is 0.0385. The number of rotatable bonds is 7. The lowest BCUT2D eigenvalue weighted by Crippen LogP contribution is -2.26. The number of carbonyl (C=O) groups is 2. The molecule has 0 bridgehead atoms. The number of amides is 1. The van der Waals surface area contributed by atoms with E-state index in [0.29, 0.717) is 19.4 Å². The largest absolute Gasteiger partial charge is 0.481 e. The first-order valence-electron chi connectivity index (χ1n) is 5.98. The van der Waals surface area contributed by atoms with Crippen LogP contribution in [0.4, 0.5) is 0 Å². The van der Waals surface area contributed by atoms with E-state index >= 15 is 0 Å². The summed E-state index contributed by atoms with van der Waals surface area (Å²) in [6.07, 6.45) is 1.04. The molecule has 6 heteroatoms. The number of aromatic nitrogens is 2. The number of hydrogen-bond acceptors (Lipinski definition) is 3. The van der Waals surface area contributed by atoms with Crippen LogP contribution in [0.3, 0.4) is 0 Å². The van der Waals surface area contributed by atoms with Crippen LogP contribution in [0.2, 0.25) is 0 Å². The van der Waals surface area contributed by atoms with Crippen LogP contribution < -0.4 is 5.32 Å². The van der Waals surface area contributed by atoms with Gasteiger partial charge in [0.1, 0.15) is 0 Å². The molecule has 1 heterocycles. The van der Waals surface area contributed by atoms with E-state index in [1.165, 1.54) is 0 Å². The first-order chi connectivity index (χ1) is 8.49. The minimum Gasteiger partial charge on any atom is -0.481 e. The molecule has 1 aromatic rings. The van der Waals surface area contributed by atoms with Crippen LogP contribution >= 0.6 is 0 Å². The van der Waals surface area contributed by atoms with Crippen LogP contribution in [0.5, 0.6) is 0 Å². The van der Waals surface area contributed by atoms with Crippen molar-refractivity contribution in [3.8, 4) is 0 Å². The molecule has 0 aliphatic carbocycles. The van der Waals surface area contributed by atoms with E-state index < -0.39 is 5.97 Å². The zero-order valence-electron chi connectivity index (χ0n) is 10.8. The van der Waals surface area contributed by atoms with Gasteiger partial charge in [-0.15, -0.1) is 0 Å². The minimum atomic E-state index is -0.905. The molecule has 0 saturated carbocycles. The molecule has 2 N–H and O–H groups in total. The first-order valence-corrected chi connectivity index (χ1v) is 5.98. The third-order valence-electron chi connectivity index (χ3n) is 2.54. The maximum absolute atomic E-state index is 11.4. The summed E-state index contributed by atoms with van der Waals surface area (Å²) in [5.41, 5.74) is 2.05.